The average molecular weight is 232 g/mol. The fourth-order valence-electron chi connectivity index (χ4n) is 1.37. The summed E-state index contributed by atoms with van der Waals surface area (Å²) in [5, 5.41) is 11.8. The summed E-state index contributed by atoms with van der Waals surface area (Å²) in [5.74, 6) is 0.872. The molecule has 3 nitrogen and oxygen atoms in total. The van der Waals surface area contributed by atoms with Gasteiger partial charge in [-0.05, 0) is 24.1 Å². The summed E-state index contributed by atoms with van der Waals surface area (Å²) >= 11 is 0. The van der Waals surface area contributed by atoms with Crippen molar-refractivity contribution in [2.24, 2.45) is 0 Å². The van der Waals surface area contributed by atoms with Gasteiger partial charge in [0.05, 0.1) is 12.7 Å². The second-order valence-corrected chi connectivity index (χ2v) is 4.29. The van der Waals surface area contributed by atoms with Gasteiger partial charge in [0.1, 0.15) is 5.75 Å². The van der Waals surface area contributed by atoms with E-state index < -0.39 is 0 Å². The third-order valence-corrected chi connectivity index (χ3v) is 2.34. The fourth-order valence-corrected chi connectivity index (χ4v) is 1.37. The molecule has 0 aromatic heterocycles. The molecular formula is C14H20N2O. The largest absolute Gasteiger partial charge is 0.494 e. The van der Waals surface area contributed by atoms with Crippen molar-refractivity contribution >= 4 is 0 Å². The minimum atomic E-state index is 0.497. The third kappa shape index (κ3) is 5.94. The number of hydrogen-bond donors (Lipinski definition) is 1. The van der Waals surface area contributed by atoms with Gasteiger partial charge in [-0.1, -0.05) is 26.0 Å². The molecule has 0 aliphatic heterocycles. The van der Waals surface area contributed by atoms with E-state index in [1.807, 2.05) is 12.1 Å². The van der Waals surface area contributed by atoms with Crippen LogP contribution in [-0.4, -0.2) is 12.6 Å². The Morgan fingerprint density at radius 3 is 2.59 bits per heavy atom. The van der Waals surface area contributed by atoms with Crippen molar-refractivity contribution in [3.8, 4) is 11.8 Å². The predicted octanol–water partition coefficient (Wildman–Crippen LogP) is 2.87. The molecule has 0 spiro atoms. The van der Waals surface area contributed by atoms with Crippen LogP contribution in [-0.2, 0) is 6.54 Å². The maximum Gasteiger partial charge on any atom is 0.119 e. The Balaban J connectivity index is 2.32. The number of hydrogen-bond acceptors (Lipinski definition) is 3. The standard InChI is InChI=1S/C14H20N2O/c1-12(2)16-11-13-5-7-14(8-6-13)17-10-4-3-9-15/h5-8,12,16H,3-4,10-11H2,1-2H3. The van der Waals surface area contributed by atoms with Crippen LogP contribution < -0.4 is 10.1 Å². The van der Waals surface area contributed by atoms with Crippen LogP contribution >= 0.6 is 0 Å². The highest BCUT2D eigenvalue weighted by Gasteiger charge is 1.97. The van der Waals surface area contributed by atoms with Gasteiger partial charge in [-0.25, -0.2) is 0 Å². The Morgan fingerprint density at radius 1 is 1.29 bits per heavy atom. The van der Waals surface area contributed by atoms with Gasteiger partial charge in [0.15, 0.2) is 0 Å². The van der Waals surface area contributed by atoms with Crippen molar-refractivity contribution < 1.29 is 4.74 Å². The van der Waals surface area contributed by atoms with E-state index in [2.05, 4.69) is 37.4 Å². The van der Waals surface area contributed by atoms with E-state index in [4.69, 9.17) is 10.00 Å². The number of benzene rings is 1. The molecule has 0 aliphatic rings. The molecule has 17 heavy (non-hydrogen) atoms. The molecule has 0 radical (unpaired) electrons. The maximum absolute atomic E-state index is 8.39. The lowest BCUT2D eigenvalue weighted by Gasteiger charge is -2.09. The summed E-state index contributed by atoms with van der Waals surface area (Å²) in [6.07, 6.45) is 1.34. The summed E-state index contributed by atoms with van der Waals surface area (Å²) in [4.78, 5) is 0. The zero-order chi connectivity index (χ0) is 12.5. The molecule has 0 fully saturated rings. The molecule has 92 valence electrons. The second kappa shape index (κ2) is 7.70. The molecule has 0 atom stereocenters. The van der Waals surface area contributed by atoms with Crippen molar-refractivity contribution in [3.63, 3.8) is 0 Å². The minimum absolute atomic E-state index is 0.497. The SMILES string of the molecule is CC(C)NCc1ccc(OCCCC#N)cc1. The lowest BCUT2D eigenvalue weighted by atomic mass is 10.2. The minimum Gasteiger partial charge on any atom is -0.494 e. The summed E-state index contributed by atoms with van der Waals surface area (Å²) in [6.45, 7) is 5.75. The predicted molar refractivity (Wildman–Crippen MR) is 68.8 cm³/mol. The van der Waals surface area contributed by atoms with Crippen molar-refractivity contribution in [2.45, 2.75) is 39.3 Å². The van der Waals surface area contributed by atoms with Crippen LogP contribution in [0.15, 0.2) is 24.3 Å². The molecule has 3 heteroatoms. The van der Waals surface area contributed by atoms with Crippen LogP contribution in [0.3, 0.4) is 0 Å². The zero-order valence-corrected chi connectivity index (χ0v) is 10.6. The lowest BCUT2D eigenvalue weighted by Crippen LogP contribution is -2.21. The van der Waals surface area contributed by atoms with Crippen LogP contribution in [0.1, 0.15) is 32.3 Å². The quantitative estimate of drug-likeness (QED) is 0.735. The van der Waals surface area contributed by atoms with Crippen LogP contribution in [0.25, 0.3) is 0 Å². The van der Waals surface area contributed by atoms with Crippen LogP contribution in [0, 0.1) is 11.3 Å². The molecule has 0 saturated heterocycles. The highest BCUT2D eigenvalue weighted by atomic mass is 16.5. The van der Waals surface area contributed by atoms with Gasteiger partial charge >= 0.3 is 0 Å². The van der Waals surface area contributed by atoms with E-state index in [1.54, 1.807) is 0 Å². The number of unbranched alkanes of at least 4 members (excludes halogenated alkanes) is 1. The zero-order valence-electron chi connectivity index (χ0n) is 10.6. The topological polar surface area (TPSA) is 45.0 Å². The Hall–Kier alpha value is -1.53. The molecule has 0 bridgehead atoms. The summed E-state index contributed by atoms with van der Waals surface area (Å²) in [6, 6.07) is 10.7. The second-order valence-electron chi connectivity index (χ2n) is 4.29. The van der Waals surface area contributed by atoms with Crippen molar-refractivity contribution in [2.75, 3.05) is 6.61 Å². The normalized spacial score (nSPS) is 10.2. The molecule has 0 saturated carbocycles. The van der Waals surface area contributed by atoms with Crippen LogP contribution in [0.5, 0.6) is 5.75 Å². The van der Waals surface area contributed by atoms with Crippen LogP contribution in [0.4, 0.5) is 0 Å². The van der Waals surface area contributed by atoms with Crippen molar-refractivity contribution in [3.05, 3.63) is 29.8 Å². The molecule has 1 aromatic rings. The molecule has 1 N–H and O–H groups in total. The summed E-state index contributed by atoms with van der Waals surface area (Å²) in [5.41, 5.74) is 1.25. The van der Waals surface area contributed by atoms with E-state index in [-0.39, 0.29) is 0 Å². The van der Waals surface area contributed by atoms with E-state index in [0.29, 0.717) is 19.1 Å². The van der Waals surface area contributed by atoms with Gasteiger partial charge in [-0.15, -0.1) is 0 Å². The van der Waals surface area contributed by atoms with Gasteiger partial charge in [-0.2, -0.15) is 5.26 Å². The highest BCUT2D eigenvalue weighted by Crippen LogP contribution is 2.12. The average Bonchev–Trinajstić information content (AvgIpc) is 2.33. The Kier molecular flexibility index (Phi) is 6.13. The van der Waals surface area contributed by atoms with E-state index in [1.165, 1.54) is 5.56 Å². The van der Waals surface area contributed by atoms with Crippen molar-refractivity contribution in [1.82, 2.24) is 5.32 Å². The van der Waals surface area contributed by atoms with E-state index in [0.717, 1.165) is 18.7 Å². The smallest absolute Gasteiger partial charge is 0.119 e. The summed E-state index contributed by atoms with van der Waals surface area (Å²) < 4.78 is 5.52. The lowest BCUT2D eigenvalue weighted by molar-refractivity contribution is 0.312. The van der Waals surface area contributed by atoms with Gasteiger partial charge in [0.25, 0.3) is 0 Å². The molecule has 1 aromatic carbocycles. The molecule has 0 unspecified atom stereocenters. The van der Waals surface area contributed by atoms with Gasteiger partial charge in [0.2, 0.25) is 0 Å². The Morgan fingerprint density at radius 2 is 2.00 bits per heavy atom. The first-order valence-electron chi connectivity index (χ1n) is 6.04. The number of rotatable bonds is 7. The van der Waals surface area contributed by atoms with E-state index >= 15 is 0 Å². The highest BCUT2D eigenvalue weighted by molar-refractivity contribution is 5.27. The number of nitriles is 1. The maximum atomic E-state index is 8.39. The van der Waals surface area contributed by atoms with Gasteiger partial charge in [0, 0.05) is 19.0 Å². The van der Waals surface area contributed by atoms with E-state index in [9.17, 15) is 0 Å². The first-order valence-corrected chi connectivity index (χ1v) is 6.04. The fraction of sp³-hybridized carbons (Fsp3) is 0.500. The van der Waals surface area contributed by atoms with Gasteiger partial charge < -0.3 is 10.1 Å². The molecule has 1 rings (SSSR count). The number of nitrogens with one attached hydrogen (secondary N) is 1. The molecule has 0 heterocycles. The Labute approximate surface area is 103 Å². The monoisotopic (exact) mass is 232 g/mol. The summed E-state index contributed by atoms with van der Waals surface area (Å²) in [7, 11) is 0. The third-order valence-electron chi connectivity index (χ3n) is 2.34. The first-order chi connectivity index (χ1) is 8.22. The van der Waals surface area contributed by atoms with Gasteiger partial charge in [-0.3, -0.25) is 0 Å². The van der Waals surface area contributed by atoms with Crippen LogP contribution in [0.2, 0.25) is 0 Å². The molecule has 0 aliphatic carbocycles. The Bertz CT molecular complexity index is 351. The number of ether oxygens (including phenoxy) is 1. The molecular weight excluding hydrogens is 212 g/mol. The molecule has 0 amide bonds. The van der Waals surface area contributed by atoms with Crippen molar-refractivity contribution in [1.29, 1.82) is 5.26 Å². The first kappa shape index (κ1) is 13.5. The number of nitrogens with zero attached hydrogens (tertiary/aromatic N) is 1.